The molecule has 0 aliphatic heterocycles. The van der Waals surface area contributed by atoms with Crippen molar-refractivity contribution in [2.75, 3.05) is 13.1 Å². The zero-order valence-electron chi connectivity index (χ0n) is 9.24. The first-order valence-electron chi connectivity index (χ1n) is 5.75. The van der Waals surface area contributed by atoms with Crippen LogP contribution < -0.4 is 5.32 Å². The van der Waals surface area contributed by atoms with E-state index in [0.717, 1.165) is 12.3 Å². The SMILES string of the molecule is CC(CNCC(F)(F)F)CC1CCCC1. The van der Waals surface area contributed by atoms with Gasteiger partial charge in [-0.1, -0.05) is 32.6 Å². The van der Waals surface area contributed by atoms with Crippen molar-refractivity contribution in [2.45, 2.75) is 45.2 Å². The lowest BCUT2D eigenvalue weighted by molar-refractivity contribution is -0.125. The lowest BCUT2D eigenvalue weighted by Gasteiger charge is -2.17. The van der Waals surface area contributed by atoms with Crippen molar-refractivity contribution >= 4 is 0 Å². The molecule has 0 amide bonds. The fourth-order valence-corrected chi connectivity index (χ4v) is 2.36. The Bertz CT molecular complexity index is 173. The van der Waals surface area contributed by atoms with Gasteiger partial charge in [-0.2, -0.15) is 13.2 Å². The molecule has 1 N–H and O–H groups in total. The van der Waals surface area contributed by atoms with E-state index >= 15 is 0 Å². The number of alkyl halides is 3. The molecule has 1 rings (SSSR count). The zero-order chi connectivity index (χ0) is 11.3. The van der Waals surface area contributed by atoms with Crippen LogP contribution in [0.25, 0.3) is 0 Å². The van der Waals surface area contributed by atoms with Crippen LogP contribution in [0.1, 0.15) is 39.0 Å². The van der Waals surface area contributed by atoms with E-state index in [9.17, 15) is 13.2 Å². The van der Waals surface area contributed by atoms with Crippen LogP contribution in [0.4, 0.5) is 13.2 Å². The van der Waals surface area contributed by atoms with Crippen molar-refractivity contribution in [2.24, 2.45) is 11.8 Å². The Labute approximate surface area is 89.4 Å². The summed E-state index contributed by atoms with van der Waals surface area (Å²) < 4.78 is 35.5. The molecule has 1 fully saturated rings. The van der Waals surface area contributed by atoms with E-state index in [2.05, 4.69) is 5.32 Å². The smallest absolute Gasteiger partial charge is 0.308 e. The summed E-state index contributed by atoms with van der Waals surface area (Å²) in [5.74, 6) is 1.11. The van der Waals surface area contributed by atoms with Gasteiger partial charge in [0.2, 0.25) is 0 Å². The molecule has 1 nitrogen and oxygen atoms in total. The molecule has 1 saturated carbocycles. The van der Waals surface area contributed by atoms with Crippen molar-refractivity contribution in [1.82, 2.24) is 5.32 Å². The fourth-order valence-electron chi connectivity index (χ4n) is 2.36. The molecule has 90 valence electrons. The van der Waals surface area contributed by atoms with Crippen molar-refractivity contribution in [1.29, 1.82) is 0 Å². The second kappa shape index (κ2) is 5.73. The molecule has 0 radical (unpaired) electrons. The van der Waals surface area contributed by atoms with E-state index in [-0.39, 0.29) is 0 Å². The molecule has 4 heteroatoms. The molecule has 15 heavy (non-hydrogen) atoms. The first-order chi connectivity index (χ1) is 6.97. The van der Waals surface area contributed by atoms with Gasteiger partial charge in [-0.15, -0.1) is 0 Å². The summed E-state index contributed by atoms with van der Waals surface area (Å²) >= 11 is 0. The standard InChI is InChI=1S/C11H20F3N/c1-9(6-10-4-2-3-5-10)7-15-8-11(12,13)14/h9-10,15H,2-8H2,1H3. The number of nitrogens with one attached hydrogen (secondary N) is 1. The Morgan fingerprint density at radius 1 is 1.27 bits per heavy atom. The van der Waals surface area contributed by atoms with Crippen LogP contribution >= 0.6 is 0 Å². The zero-order valence-corrected chi connectivity index (χ0v) is 9.24. The molecule has 0 aromatic carbocycles. The minimum Gasteiger partial charge on any atom is -0.308 e. The van der Waals surface area contributed by atoms with E-state index in [4.69, 9.17) is 0 Å². The molecular formula is C11H20F3N. The minimum atomic E-state index is -4.08. The third-order valence-electron chi connectivity index (χ3n) is 3.03. The molecule has 1 unspecified atom stereocenters. The molecule has 1 aliphatic rings. The fraction of sp³-hybridized carbons (Fsp3) is 1.00. The maximum Gasteiger partial charge on any atom is 0.401 e. The third-order valence-corrected chi connectivity index (χ3v) is 3.03. The van der Waals surface area contributed by atoms with Gasteiger partial charge in [0.15, 0.2) is 0 Å². The van der Waals surface area contributed by atoms with Gasteiger partial charge in [0, 0.05) is 0 Å². The van der Waals surface area contributed by atoms with E-state index in [0.29, 0.717) is 12.5 Å². The van der Waals surface area contributed by atoms with Gasteiger partial charge in [-0.25, -0.2) is 0 Å². The topological polar surface area (TPSA) is 12.0 Å². The Balaban J connectivity index is 2.05. The maximum atomic E-state index is 11.8. The summed E-state index contributed by atoms with van der Waals surface area (Å²) in [5.41, 5.74) is 0. The monoisotopic (exact) mass is 223 g/mol. The summed E-state index contributed by atoms with van der Waals surface area (Å²) in [6, 6.07) is 0. The van der Waals surface area contributed by atoms with Gasteiger partial charge in [-0.05, 0) is 24.8 Å². The predicted octanol–water partition coefficient (Wildman–Crippen LogP) is 3.35. The van der Waals surface area contributed by atoms with Gasteiger partial charge in [0.05, 0.1) is 6.54 Å². The number of halogens is 3. The summed E-state index contributed by atoms with van der Waals surface area (Å²) in [4.78, 5) is 0. The van der Waals surface area contributed by atoms with E-state index in [1.165, 1.54) is 25.7 Å². The molecule has 0 spiro atoms. The Morgan fingerprint density at radius 2 is 1.87 bits per heavy atom. The average molecular weight is 223 g/mol. The van der Waals surface area contributed by atoms with Crippen molar-refractivity contribution in [3.63, 3.8) is 0 Å². The highest BCUT2D eigenvalue weighted by molar-refractivity contribution is 4.71. The Hall–Kier alpha value is -0.250. The molecule has 1 atom stereocenters. The minimum absolute atomic E-state index is 0.357. The van der Waals surface area contributed by atoms with Crippen LogP contribution in [0, 0.1) is 11.8 Å². The van der Waals surface area contributed by atoms with Gasteiger partial charge in [-0.3, -0.25) is 0 Å². The summed E-state index contributed by atoms with van der Waals surface area (Å²) in [6.07, 6.45) is 2.13. The Kier molecular flexibility index (Phi) is 4.90. The molecule has 0 saturated heterocycles. The number of rotatable bonds is 5. The van der Waals surface area contributed by atoms with Crippen LogP contribution in [0.2, 0.25) is 0 Å². The van der Waals surface area contributed by atoms with Crippen LogP contribution in [-0.2, 0) is 0 Å². The van der Waals surface area contributed by atoms with Gasteiger partial charge in [0.1, 0.15) is 0 Å². The number of hydrogen-bond donors (Lipinski definition) is 1. The van der Waals surface area contributed by atoms with Crippen molar-refractivity contribution in [3.05, 3.63) is 0 Å². The van der Waals surface area contributed by atoms with E-state index < -0.39 is 12.7 Å². The maximum absolute atomic E-state index is 11.8. The largest absolute Gasteiger partial charge is 0.401 e. The summed E-state index contributed by atoms with van der Waals surface area (Å²) in [6.45, 7) is 1.65. The average Bonchev–Trinajstić information content (AvgIpc) is 2.54. The number of hydrogen-bond acceptors (Lipinski definition) is 1. The molecule has 0 bridgehead atoms. The van der Waals surface area contributed by atoms with Crippen LogP contribution in [0.15, 0.2) is 0 Å². The Morgan fingerprint density at radius 3 is 2.40 bits per heavy atom. The molecule has 0 aromatic heterocycles. The lowest BCUT2D eigenvalue weighted by atomic mass is 9.94. The third kappa shape index (κ3) is 6.03. The van der Waals surface area contributed by atoms with E-state index in [1.54, 1.807) is 0 Å². The van der Waals surface area contributed by atoms with Crippen LogP contribution in [-0.4, -0.2) is 19.3 Å². The van der Waals surface area contributed by atoms with Crippen LogP contribution in [0.5, 0.6) is 0 Å². The normalized spacial score (nSPS) is 20.8. The summed E-state index contributed by atoms with van der Waals surface area (Å²) in [7, 11) is 0. The highest BCUT2D eigenvalue weighted by Gasteiger charge is 2.26. The van der Waals surface area contributed by atoms with Gasteiger partial charge in [0.25, 0.3) is 0 Å². The predicted molar refractivity (Wildman–Crippen MR) is 54.7 cm³/mol. The van der Waals surface area contributed by atoms with E-state index in [1.807, 2.05) is 6.92 Å². The molecule has 0 heterocycles. The molecule has 0 aromatic rings. The van der Waals surface area contributed by atoms with Crippen LogP contribution in [0.3, 0.4) is 0 Å². The highest BCUT2D eigenvalue weighted by Crippen LogP contribution is 2.30. The van der Waals surface area contributed by atoms with Crippen molar-refractivity contribution in [3.8, 4) is 0 Å². The van der Waals surface area contributed by atoms with Crippen molar-refractivity contribution < 1.29 is 13.2 Å². The lowest BCUT2D eigenvalue weighted by Crippen LogP contribution is -2.32. The quantitative estimate of drug-likeness (QED) is 0.753. The first kappa shape index (κ1) is 12.8. The second-order valence-corrected chi connectivity index (χ2v) is 4.74. The second-order valence-electron chi connectivity index (χ2n) is 4.74. The highest BCUT2D eigenvalue weighted by atomic mass is 19.4. The van der Waals surface area contributed by atoms with Gasteiger partial charge < -0.3 is 5.32 Å². The summed E-state index contributed by atoms with van der Waals surface area (Å²) in [5, 5.41) is 2.47. The first-order valence-corrected chi connectivity index (χ1v) is 5.75. The van der Waals surface area contributed by atoms with Gasteiger partial charge >= 0.3 is 6.18 Å². The molecule has 1 aliphatic carbocycles. The molecular weight excluding hydrogens is 203 g/mol.